The molecule has 0 unspecified atom stereocenters. The topological polar surface area (TPSA) is 54.3 Å². The van der Waals surface area contributed by atoms with Gasteiger partial charge in [-0.25, -0.2) is 26.7 Å². The molecule has 2 aromatic carbocycles. The van der Waals surface area contributed by atoms with E-state index in [4.69, 9.17) is 16.6 Å². The van der Waals surface area contributed by atoms with Crippen molar-refractivity contribution in [3.63, 3.8) is 0 Å². The molecule has 0 radical (unpaired) electrons. The number of hydrogen-bond acceptors (Lipinski definition) is 3. The number of rotatable bonds is 2. The Morgan fingerprint density at radius 3 is 2.15 bits per heavy atom. The molecule has 0 saturated heterocycles. The van der Waals surface area contributed by atoms with Gasteiger partial charge in [0.2, 0.25) is 5.82 Å². The van der Waals surface area contributed by atoms with E-state index >= 15 is 0 Å². The third kappa shape index (κ3) is 3.47. The smallest absolute Gasteiger partial charge is 0.336 e. The van der Waals surface area contributed by atoms with Gasteiger partial charge in [-0.2, -0.15) is 0 Å². The van der Waals surface area contributed by atoms with Gasteiger partial charge in [0.05, 0.1) is 0 Å². The number of anilines is 2. The van der Waals surface area contributed by atoms with Crippen molar-refractivity contribution in [3.05, 3.63) is 69.3 Å². The summed E-state index contributed by atoms with van der Waals surface area (Å²) in [7, 11) is 0. The van der Waals surface area contributed by atoms with Crippen LogP contribution in [-0.2, 0) is 0 Å². The molecule has 3 aromatic rings. The Labute approximate surface area is 153 Å². The van der Waals surface area contributed by atoms with E-state index in [0.717, 1.165) is 0 Å². The average molecular weight is 400 g/mol. The lowest BCUT2D eigenvalue weighted by molar-refractivity contribution is 0.382. The maximum Gasteiger partial charge on any atom is 0.336 e. The number of hydrogen-bond donors (Lipinski definition) is 2. The van der Waals surface area contributed by atoms with Gasteiger partial charge in [-0.3, -0.25) is 0 Å². The van der Waals surface area contributed by atoms with Crippen LogP contribution in [0.25, 0.3) is 11.0 Å². The van der Waals surface area contributed by atoms with Gasteiger partial charge in [0.15, 0.2) is 28.4 Å². The summed E-state index contributed by atoms with van der Waals surface area (Å²) in [6.07, 6.45) is 0. The zero-order valence-electron chi connectivity index (χ0n) is 13.4. The molecular weight excluding hydrogens is 391 g/mol. The predicted molar refractivity (Wildman–Crippen MR) is 93.3 cm³/mol. The molecule has 0 aliphatic heterocycles. The summed E-state index contributed by atoms with van der Waals surface area (Å²) in [5.41, 5.74) is -0.692. The van der Waals surface area contributed by atoms with Gasteiger partial charge in [-0.05, 0) is 36.8 Å². The number of fused-ring (bicyclic) bond motifs is 1. The molecule has 0 amide bonds. The molecule has 0 aliphatic carbocycles. The van der Waals surface area contributed by atoms with Crippen molar-refractivity contribution < 1.29 is 26.4 Å². The van der Waals surface area contributed by atoms with Crippen molar-refractivity contribution >= 4 is 39.7 Å². The number of aryl methyl sites for hydroxylation is 1. The first-order valence-electron chi connectivity index (χ1n) is 7.33. The Hall–Kier alpha value is -3.01. The molecule has 0 spiro atoms. The first kappa shape index (κ1) is 18.8. The zero-order valence-corrected chi connectivity index (χ0v) is 14.2. The van der Waals surface area contributed by atoms with Crippen LogP contribution in [0.15, 0.2) is 33.5 Å². The lowest BCUT2D eigenvalue weighted by Gasteiger charge is -2.13. The van der Waals surface area contributed by atoms with Crippen molar-refractivity contribution in [2.45, 2.75) is 6.92 Å². The fourth-order valence-corrected chi connectivity index (χ4v) is 2.61. The Morgan fingerprint density at radius 2 is 1.52 bits per heavy atom. The molecule has 3 rings (SSSR count). The van der Waals surface area contributed by atoms with Crippen molar-refractivity contribution in [3.8, 4) is 0 Å². The largest absolute Gasteiger partial charge is 0.423 e. The summed E-state index contributed by atoms with van der Waals surface area (Å²) >= 11 is 4.84. The summed E-state index contributed by atoms with van der Waals surface area (Å²) in [5, 5.41) is 4.67. The average Bonchev–Trinajstić information content (AvgIpc) is 2.61. The van der Waals surface area contributed by atoms with Crippen LogP contribution in [0, 0.1) is 36.0 Å². The molecule has 1 aromatic heterocycles. The summed E-state index contributed by atoms with van der Waals surface area (Å²) in [4.78, 5) is 11.4. The van der Waals surface area contributed by atoms with E-state index in [1.165, 1.54) is 18.2 Å². The highest BCUT2D eigenvalue weighted by Gasteiger charge is 2.26. The standard InChI is InChI=1S/C17H9F5N2O2S/c1-6-4-10(25)26-9-5-7(2-3-8(6)9)23-17(27)24-16-14(21)12(19)11(18)13(20)15(16)22/h2-5H,1H3,(H2,23,24,27). The Bertz CT molecular complexity index is 1120. The maximum absolute atomic E-state index is 13.7. The fraction of sp³-hybridized carbons (Fsp3) is 0.0588. The van der Waals surface area contributed by atoms with Gasteiger partial charge in [0.1, 0.15) is 11.3 Å². The Morgan fingerprint density at radius 1 is 0.926 bits per heavy atom. The first-order valence-corrected chi connectivity index (χ1v) is 7.74. The molecule has 27 heavy (non-hydrogen) atoms. The Balaban J connectivity index is 1.89. The summed E-state index contributed by atoms with van der Waals surface area (Å²) in [5.74, 6) is -10.6. The normalized spacial score (nSPS) is 10.9. The molecule has 0 aliphatic rings. The second-order valence-corrected chi connectivity index (χ2v) is 5.89. The molecule has 0 fully saturated rings. The SMILES string of the molecule is Cc1cc(=O)oc2cc(NC(=S)Nc3c(F)c(F)c(F)c(F)c3F)ccc12. The molecule has 0 atom stereocenters. The molecule has 140 valence electrons. The molecule has 4 nitrogen and oxygen atoms in total. The van der Waals surface area contributed by atoms with Crippen LogP contribution >= 0.6 is 12.2 Å². The van der Waals surface area contributed by atoms with Gasteiger partial charge in [0.25, 0.3) is 0 Å². The van der Waals surface area contributed by atoms with Crippen molar-refractivity contribution in [1.82, 2.24) is 0 Å². The van der Waals surface area contributed by atoms with Crippen LogP contribution in [0.2, 0.25) is 0 Å². The third-order valence-corrected chi connectivity index (χ3v) is 3.86. The van der Waals surface area contributed by atoms with E-state index in [1.54, 1.807) is 13.0 Å². The second-order valence-electron chi connectivity index (χ2n) is 5.48. The molecule has 0 bridgehead atoms. The summed E-state index contributed by atoms with van der Waals surface area (Å²) < 4.78 is 71.9. The fourth-order valence-electron chi connectivity index (χ4n) is 2.39. The number of nitrogens with one attached hydrogen (secondary N) is 2. The predicted octanol–water partition coefficient (Wildman–Crippen LogP) is 4.61. The van der Waals surface area contributed by atoms with Crippen LogP contribution in [0.1, 0.15) is 5.56 Å². The highest BCUT2D eigenvalue weighted by molar-refractivity contribution is 7.80. The summed E-state index contributed by atoms with van der Waals surface area (Å²) in [6, 6.07) is 5.85. The maximum atomic E-state index is 13.7. The minimum Gasteiger partial charge on any atom is -0.423 e. The van der Waals surface area contributed by atoms with Crippen molar-refractivity contribution in [2.75, 3.05) is 10.6 Å². The van der Waals surface area contributed by atoms with Gasteiger partial charge in [-0.1, -0.05) is 0 Å². The van der Waals surface area contributed by atoms with Gasteiger partial charge >= 0.3 is 5.63 Å². The Kier molecular flexibility index (Phi) is 4.83. The lowest BCUT2D eigenvalue weighted by atomic mass is 10.1. The monoisotopic (exact) mass is 400 g/mol. The van der Waals surface area contributed by atoms with Gasteiger partial charge < -0.3 is 15.1 Å². The molecule has 2 N–H and O–H groups in total. The van der Waals surface area contributed by atoms with Crippen LogP contribution < -0.4 is 16.3 Å². The van der Waals surface area contributed by atoms with Gasteiger partial charge in [-0.15, -0.1) is 0 Å². The molecule has 0 saturated carbocycles. The van der Waals surface area contributed by atoms with Crippen molar-refractivity contribution in [1.29, 1.82) is 0 Å². The summed E-state index contributed by atoms with van der Waals surface area (Å²) in [6.45, 7) is 1.71. The number of thiocarbonyl (C=S) groups is 1. The minimum absolute atomic E-state index is 0.226. The molecule has 10 heteroatoms. The van der Waals surface area contributed by atoms with E-state index in [2.05, 4.69) is 5.32 Å². The molecular formula is C17H9F5N2O2S. The van der Waals surface area contributed by atoms with E-state index in [-0.39, 0.29) is 11.3 Å². The highest BCUT2D eigenvalue weighted by Crippen LogP contribution is 2.27. The lowest BCUT2D eigenvalue weighted by Crippen LogP contribution is -2.22. The van der Waals surface area contributed by atoms with Crippen LogP contribution in [0.5, 0.6) is 0 Å². The third-order valence-electron chi connectivity index (χ3n) is 3.66. The number of benzene rings is 2. The highest BCUT2D eigenvalue weighted by atomic mass is 32.1. The minimum atomic E-state index is -2.27. The van der Waals surface area contributed by atoms with Crippen LogP contribution in [0.4, 0.5) is 33.3 Å². The quantitative estimate of drug-likeness (QED) is 0.216. The van der Waals surface area contributed by atoms with E-state index in [1.807, 2.05) is 5.32 Å². The second kappa shape index (κ2) is 6.95. The molecule has 1 heterocycles. The van der Waals surface area contributed by atoms with Crippen molar-refractivity contribution in [2.24, 2.45) is 0 Å². The zero-order chi connectivity index (χ0) is 19.9. The van der Waals surface area contributed by atoms with E-state index in [9.17, 15) is 26.7 Å². The van der Waals surface area contributed by atoms with Crippen LogP contribution in [0.3, 0.4) is 0 Å². The van der Waals surface area contributed by atoms with Gasteiger partial charge in [0, 0.05) is 23.2 Å². The number of halogens is 5. The first-order chi connectivity index (χ1) is 12.7. The van der Waals surface area contributed by atoms with E-state index < -0.39 is 45.5 Å². The van der Waals surface area contributed by atoms with Crippen LogP contribution in [-0.4, -0.2) is 5.11 Å². The van der Waals surface area contributed by atoms with E-state index in [0.29, 0.717) is 10.9 Å².